The molecule has 2 aromatic carbocycles. The molecule has 7 N–H and O–H groups in total. The lowest BCUT2D eigenvalue weighted by molar-refractivity contribution is -0.130. The van der Waals surface area contributed by atoms with E-state index in [9.17, 15) is 24.9 Å². The Morgan fingerprint density at radius 2 is 1.67 bits per heavy atom. The third kappa shape index (κ3) is 7.51. The van der Waals surface area contributed by atoms with E-state index in [0.29, 0.717) is 54.7 Å². The van der Waals surface area contributed by atoms with Crippen molar-refractivity contribution >= 4 is 40.6 Å². The van der Waals surface area contributed by atoms with Gasteiger partial charge >= 0.3 is 6.03 Å². The fourth-order valence-corrected chi connectivity index (χ4v) is 6.99. The Labute approximate surface area is 300 Å². The maximum atomic E-state index is 12.8. The van der Waals surface area contributed by atoms with Gasteiger partial charge in [-0.3, -0.25) is 9.78 Å². The summed E-state index contributed by atoms with van der Waals surface area (Å²) in [6.07, 6.45) is 1.83. The molecule has 15 nitrogen and oxygen atoms in total. The number of amides is 3. The zero-order valence-corrected chi connectivity index (χ0v) is 28.6. The SMILES string of the molecule is CC(O)C(=O)N[C@H]1C[C@@H](n2cnc3c(NCC(c4ccccc4)c4ccccc4)nc(N4CCC(NC(=O)Nc5cccnc5)C4)nc32)[C@H](O)[C@@H]1O. The van der Waals surface area contributed by atoms with Gasteiger partial charge in [0, 0.05) is 37.8 Å². The Balaban J connectivity index is 1.18. The van der Waals surface area contributed by atoms with E-state index in [4.69, 9.17) is 9.97 Å². The van der Waals surface area contributed by atoms with Gasteiger partial charge in [0.2, 0.25) is 11.9 Å². The molecule has 3 aromatic heterocycles. The molecule has 1 saturated heterocycles. The lowest BCUT2D eigenvalue weighted by atomic mass is 9.91. The molecule has 0 spiro atoms. The summed E-state index contributed by atoms with van der Waals surface area (Å²) in [6.45, 7) is 2.86. The van der Waals surface area contributed by atoms with E-state index in [1.54, 1.807) is 35.4 Å². The van der Waals surface area contributed by atoms with Crippen molar-refractivity contribution in [3.05, 3.63) is 103 Å². The first kappa shape index (κ1) is 34.8. The minimum Gasteiger partial charge on any atom is -0.388 e. The van der Waals surface area contributed by atoms with E-state index >= 15 is 0 Å². The molecular formula is C37H42N10O5. The van der Waals surface area contributed by atoms with Crippen LogP contribution in [0.3, 0.4) is 0 Å². The van der Waals surface area contributed by atoms with Gasteiger partial charge in [0.1, 0.15) is 18.3 Å². The van der Waals surface area contributed by atoms with Crippen LogP contribution < -0.4 is 26.2 Å². The van der Waals surface area contributed by atoms with Crippen molar-refractivity contribution in [2.75, 3.05) is 35.2 Å². The zero-order chi connectivity index (χ0) is 36.2. The molecule has 1 saturated carbocycles. The maximum Gasteiger partial charge on any atom is 0.319 e. The van der Waals surface area contributed by atoms with Crippen LogP contribution in [0.15, 0.2) is 91.5 Å². The van der Waals surface area contributed by atoms with Gasteiger partial charge in [-0.2, -0.15) is 9.97 Å². The Kier molecular flexibility index (Phi) is 10.2. The zero-order valence-electron chi connectivity index (χ0n) is 28.6. The molecule has 2 unspecified atom stereocenters. The third-order valence-corrected chi connectivity index (χ3v) is 9.73. The normalized spacial score (nSPS) is 22.0. The number of fused-ring (bicyclic) bond motifs is 1. The number of aliphatic hydroxyl groups excluding tert-OH is 3. The van der Waals surface area contributed by atoms with E-state index < -0.39 is 36.3 Å². The van der Waals surface area contributed by atoms with Gasteiger partial charge in [0.05, 0.1) is 30.3 Å². The smallest absolute Gasteiger partial charge is 0.319 e. The summed E-state index contributed by atoms with van der Waals surface area (Å²) in [6, 6.07) is 21.9. The standard InChI is InChI=1S/C37H42N10O5/c1-22(48)35(51)43-28-17-29(32(50)31(28)49)47-21-40-30-33(39-19-27(23-9-4-2-5-10-23)24-11-6-3-7-12-24)44-36(45-34(30)47)46-16-14-26(20-46)42-37(52)41-25-13-8-15-38-18-25/h2-13,15,18,21-22,26-29,31-32,48-50H,14,16-17,19-20H2,1H3,(H,43,51)(H,39,44,45)(H2,41,42,52)/t22?,26?,28-,29+,31+,32-/m0/s1. The molecule has 52 heavy (non-hydrogen) atoms. The number of carbonyl (C=O) groups excluding carboxylic acids is 2. The number of aromatic nitrogens is 5. The van der Waals surface area contributed by atoms with Crippen LogP contribution in [0.2, 0.25) is 0 Å². The van der Waals surface area contributed by atoms with Crippen molar-refractivity contribution in [3.63, 3.8) is 0 Å². The van der Waals surface area contributed by atoms with Crippen LogP contribution in [-0.4, -0.2) is 102 Å². The topological polar surface area (TPSA) is 203 Å². The molecule has 15 heteroatoms. The average molecular weight is 707 g/mol. The van der Waals surface area contributed by atoms with E-state index in [1.807, 2.05) is 41.3 Å². The van der Waals surface area contributed by atoms with Crippen molar-refractivity contribution in [2.45, 2.75) is 62.1 Å². The summed E-state index contributed by atoms with van der Waals surface area (Å²) in [4.78, 5) is 45.7. The number of hydrogen-bond acceptors (Lipinski definition) is 11. The Morgan fingerprint density at radius 3 is 2.35 bits per heavy atom. The third-order valence-electron chi connectivity index (χ3n) is 9.73. The number of urea groups is 1. The number of anilines is 3. The van der Waals surface area contributed by atoms with Crippen LogP contribution in [0.1, 0.15) is 42.9 Å². The van der Waals surface area contributed by atoms with E-state index in [1.165, 1.54) is 6.92 Å². The van der Waals surface area contributed by atoms with Gasteiger partial charge in [0.15, 0.2) is 17.0 Å². The summed E-state index contributed by atoms with van der Waals surface area (Å²) < 4.78 is 1.72. The summed E-state index contributed by atoms with van der Waals surface area (Å²) in [5.74, 6) is 0.257. The molecule has 2 aliphatic rings. The second-order valence-corrected chi connectivity index (χ2v) is 13.3. The molecule has 3 amide bonds. The second-order valence-electron chi connectivity index (χ2n) is 13.3. The van der Waals surface area contributed by atoms with Crippen molar-refractivity contribution in [1.82, 2.24) is 35.1 Å². The minimum atomic E-state index is -1.27. The van der Waals surface area contributed by atoms with Crippen LogP contribution in [0, 0.1) is 0 Å². The highest BCUT2D eigenvalue weighted by molar-refractivity contribution is 5.89. The van der Waals surface area contributed by atoms with Crippen molar-refractivity contribution < 1.29 is 24.9 Å². The van der Waals surface area contributed by atoms with Crippen LogP contribution in [0.5, 0.6) is 0 Å². The summed E-state index contributed by atoms with van der Waals surface area (Å²) in [5.41, 5.74) is 3.76. The summed E-state index contributed by atoms with van der Waals surface area (Å²) in [7, 11) is 0. The first-order valence-electron chi connectivity index (χ1n) is 17.4. The van der Waals surface area contributed by atoms with E-state index in [0.717, 1.165) is 11.1 Å². The summed E-state index contributed by atoms with van der Waals surface area (Å²) >= 11 is 0. The highest BCUT2D eigenvalue weighted by atomic mass is 16.3. The summed E-state index contributed by atoms with van der Waals surface area (Å²) in [5, 5.41) is 43.8. The van der Waals surface area contributed by atoms with Gasteiger partial charge in [-0.25, -0.2) is 9.78 Å². The molecular weight excluding hydrogens is 664 g/mol. The molecule has 1 aliphatic heterocycles. The Bertz CT molecular complexity index is 1940. The number of aliphatic hydroxyl groups is 3. The lowest BCUT2D eigenvalue weighted by Crippen LogP contribution is -2.46. The van der Waals surface area contributed by atoms with Gasteiger partial charge in [0.25, 0.3) is 0 Å². The van der Waals surface area contributed by atoms with Gasteiger partial charge in [-0.15, -0.1) is 0 Å². The highest BCUT2D eigenvalue weighted by Crippen LogP contribution is 2.35. The van der Waals surface area contributed by atoms with Crippen LogP contribution in [-0.2, 0) is 4.79 Å². The molecule has 7 rings (SSSR count). The van der Waals surface area contributed by atoms with Gasteiger partial charge in [-0.05, 0) is 43.0 Å². The molecule has 4 heterocycles. The van der Waals surface area contributed by atoms with Crippen LogP contribution in [0.25, 0.3) is 11.2 Å². The number of imidazole rings is 1. The molecule has 0 radical (unpaired) electrons. The molecule has 5 aromatic rings. The molecule has 6 atom stereocenters. The predicted molar refractivity (Wildman–Crippen MR) is 195 cm³/mol. The highest BCUT2D eigenvalue weighted by Gasteiger charge is 2.44. The lowest BCUT2D eigenvalue weighted by Gasteiger charge is -2.22. The predicted octanol–water partition coefficient (Wildman–Crippen LogP) is 2.40. The fourth-order valence-electron chi connectivity index (χ4n) is 6.99. The average Bonchev–Trinajstić information content (AvgIpc) is 3.87. The fraction of sp³-hybridized carbons (Fsp3) is 0.351. The maximum absolute atomic E-state index is 12.8. The number of rotatable bonds is 11. The van der Waals surface area contributed by atoms with E-state index in [-0.39, 0.29) is 24.4 Å². The van der Waals surface area contributed by atoms with E-state index in [2.05, 4.69) is 55.5 Å². The molecule has 270 valence electrons. The Hall–Kier alpha value is -5.64. The number of nitrogens with one attached hydrogen (secondary N) is 4. The van der Waals surface area contributed by atoms with Gasteiger partial charge in [-0.1, -0.05) is 60.7 Å². The number of hydrogen-bond donors (Lipinski definition) is 7. The number of carbonyl (C=O) groups is 2. The van der Waals surface area contributed by atoms with Crippen LogP contribution in [0.4, 0.5) is 22.2 Å². The monoisotopic (exact) mass is 706 g/mol. The van der Waals surface area contributed by atoms with Crippen molar-refractivity contribution in [3.8, 4) is 0 Å². The van der Waals surface area contributed by atoms with Crippen LogP contribution >= 0.6 is 0 Å². The Morgan fingerprint density at radius 1 is 0.942 bits per heavy atom. The minimum absolute atomic E-state index is 0.0123. The molecule has 0 bridgehead atoms. The van der Waals surface area contributed by atoms with Crippen molar-refractivity contribution in [2.24, 2.45) is 0 Å². The number of benzene rings is 2. The number of pyridine rings is 1. The quantitative estimate of drug-likeness (QED) is 0.106. The number of nitrogens with zero attached hydrogens (tertiary/aromatic N) is 6. The van der Waals surface area contributed by atoms with Gasteiger partial charge < -0.3 is 46.1 Å². The largest absolute Gasteiger partial charge is 0.388 e. The molecule has 2 fully saturated rings. The molecule has 1 aliphatic carbocycles. The first-order valence-corrected chi connectivity index (χ1v) is 17.4. The first-order chi connectivity index (χ1) is 25.2. The second kappa shape index (κ2) is 15.3. The van der Waals surface area contributed by atoms with Crippen molar-refractivity contribution in [1.29, 1.82) is 0 Å².